The molecule has 0 aliphatic heterocycles. The zero-order chi connectivity index (χ0) is 15.1. The van der Waals surface area contributed by atoms with Crippen molar-refractivity contribution in [3.05, 3.63) is 34.6 Å². The van der Waals surface area contributed by atoms with Gasteiger partial charge in [0.25, 0.3) is 0 Å². The van der Waals surface area contributed by atoms with Gasteiger partial charge in [0.1, 0.15) is 5.82 Å². The van der Waals surface area contributed by atoms with Crippen molar-refractivity contribution in [2.24, 2.45) is 5.92 Å². The van der Waals surface area contributed by atoms with Crippen molar-refractivity contribution in [2.75, 3.05) is 6.54 Å². The molecule has 1 unspecified atom stereocenters. The number of amides is 2. The fourth-order valence-corrected chi connectivity index (χ4v) is 1.72. The van der Waals surface area contributed by atoms with Gasteiger partial charge in [-0.15, -0.1) is 0 Å². The van der Waals surface area contributed by atoms with Gasteiger partial charge >= 0.3 is 12.0 Å². The third kappa shape index (κ3) is 5.05. The van der Waals surface area contributed by atoms with Crippen molar-refractivity contribution in [3.8, 4) is 0 Å². The summed E-state index contributed by atoms with van der Waals surface area (Å²) in [6, 6.07) is 3.66. The lowest BCUT2D eigenvalue weighted by atomic mass is 10.1. The number of benzene rings is 1. The first kappa shape index (κ1) is 16.2. The van der Waals surface area contributed by atoms with Crippen molar-refractivity contribution < 1.29 is 19.1 Å². The van der Waals surface area contributed by atoms with Gasteiger partial charge in [-0.3, -0.25) is 4.79 Å². The molecule has 7 heteroatoms. The number of carbonyl (C=O) groups is 2. The highest BCUT2D eigenvalue weighted by Crippen LogP contribution is 2.15. The molecule has 20 heavy (non-hydrogen) atoms. The maximum Gasteiger partial charge on any atom is 0.315 e. The van der Waals surface area contributed by atoms with Crippen molar-refractivity contribution in [2.45, 2.75) is 19.9 Å². The summed E-state index contributed by atoms with van der Waals surface area (Å²) in [6.07, 6.45) is 0.434. The van der Waals surface area contributed by atoms with Crippen molar-refractivity contribution in [3.63, 3.8) is 0 Å². The molecule has 0 aliphatic carbocycles. The third-order valence-corrected chi connectivity index (χ3v) is 3.08. The molecule has 5 nitrogen and oxygen atoms in total. The number of urea groups is 1. The molecule has 1 rings (SSSR count). The van der Waals surface area contributed by atoms with Crippen LogP contribution in [0.25, 0.3) is 0 Å². The predicted octanol–water partition coefficient (Wildman–Crippen LogP) is 2.39. The maximum atomic E-state index is 12.9. The molecule has 0 spiro atoms. The van der Waals surface area contributed by atoms with Crippen LogP contribution in [-0.2, 0) is 11.3 Å². The van der Waals surface area contributed by atoms with E-state index in [2.05, 4.69) is 10.6 Å². The Bertz CT molecular complexity index is 497. The largest absolute Gasteiger partial charge is 0.481 e. The smallest absolute Gasteiger partial charge is 0.315 e. The van der Waals surface area contributed by atoms with E-state index in [1.54, 1.807) is 6.92 Å². The highest BCUT2D eigenvalue weighted by Gasteiger charge is 2.15. The van der Waals surface area contributed by atoms with Crippen LogP contribution in [0.1, 0.15) is 18.9 Å². The molecule has 0 saturated heterocycles. The number of aliphatic carboxylic acids is 1. The fraction of sp³-hybridized carbons (Fsp3) is 0.385. The van der Waals surface area contributed by atoms with E-state index in [4.69, 9.17) is 16.7 Å². The van der Waals surface area contributed by atoms with Gasteiger partial charge in [-0.1, -0.05) is 24.6 Å². The second-order valence-corrected chi connectivity index (χ2v) is 4.66. The summed E-state index contributed by atoms with van der Waals surface area (Å²) in [7, 11) is 0. The van der Waals surface area contributed by atoms with Crippen LogP contribution >= 0.6 is 11.6 Å². The highest BCUT2D eigenvalue weighted by molar-refractivity contribution is 6.30. The summed E-state index contributed by atoms with van der Waals surface area (Å²) in [5.74, 6) is -2.08. The van der Waals surface area contributed by atoms with E-state index < -0.39 is 23.7 Å². The molecule has 3 N–H and O–H groups in total. The molecule has 110 valence electrons. The van der Waals surface area contributed by atoms with Crippen LogP contribution < -0.4 is 10.6 Å². The molecule has 0 radical (unpaired) electrons. The molecule has 1 atom stereocenters. The SMILES string of the molecule is CCC(CNC(=O)NCc1ccc(F)c(Cl)c1)C(=O)O. The second kappa shape index (κ2) is 7.69. The lowest BCUT2D eigenvalue weighted by molar-refractivity contribution is -0.141. The number of rotatable bonds is 6. The molecule has 0 fully saturated rings. The first-order valence-electron chi connectivity index (χ1n) is 6.12. The molecule has 0 aromatic heterocycles. The van der Waals surface area contributed by atoms with E-state index >= 15 is 0 Å². The number of carbonyl (C=O) groups excluding carboxylic acids is 1. The lowest BCUT2D eigenvalue weighted by Gasteiger charge is -2.12. The Morgan fingerprint density at radius 3 is 2.65 bits per heavy atom. The van der Waals surface area contributed by atoms with E-state index in [1.165, 1.54) is 18.2 Å². The number of carboxylic acid groups (broad SMARTS) is 1. The fourth-order valence-electron chi connectivity index (χ4n) is 1.52. The molecule has 0 bridgehead atoms. The molecule has 0 aliphatic rings. The summed E-state index contributed by atoms with van der Waals surface area (Å²) in [4.78, 5) is 22.3. The summed E-state index contributed by atoms with van der Waals surface area (Å²) in [5.41, 5.74) is 0.650. The highest BCUT2D eigenvalue weighted by atomic mass is 35.5. The second-order valence-electron chi connectivity index (χ2n) is 4.26. The zero-order valence-electron chi connectivity index (χ0n) is 11.0. The summed E-state index contributed by atoms with van der Waals surface area (Å²) < 4.78 is 12.9. The Morgan fingerprint density at radius 1 is 1.40 bits per heavy atom. The topological polar surface area (TPSA) is 78.4 Å². The quantitative estimate of drug-likeness (QED) is 0.755. The van der Waals surface area contributed by atoms with Gasteiger partial charge in [0, 0.05) is 13.1 Å². The van der Waals surface area contributed by atoms with Gasteiger partial charge in [-0.2, -0.15) is 0 Å². The van der Waals surface area contributed by atoms with Crippen LogP contribution in [-0.4, -0.2) is 23.7 Å². The average molecular weight is 303 g/mol. The molecule has 2 amide bonds. The van der Waals surface area contributed by atoms with Gasteiger partial charge in [0.05, 0.1) is 10.9 Å². The van der Waals surface area contributed by atoms with E-state index in [-0.39, 0.29) is 18.1 Å². The van der Waals surface area contributed by atoms with Crippen molar-refractivity contribution >= 4 is 23.6 Å². The van der Waals surface area contributed by atoms with E-state index in [9.17, 15) is 14.0 Å². The standard InChI is InChI=1S/C13H16ClFN2O3/c1-2-9(12(18)19)7-17-13(20)16-6-8-3-4-11(15)10(14)5-8/h3-5,9H,2,6-7H2,1H3,(H,18,19)(H2,16,17,20). The van der Waals surface area contributed by atoms with E-state index in [0.29, 0.717) is 12.0 Å². The van der Waals surface area contributed by atoms with Gasteiger partial charge in [-0.25, -0.2) is 9.18 Å². The Labute approximate surface area is 121 Å². The molecule has 0 saturated carbocycles. The monoisotopic (exact) mass is 302 g/mol. The number of carboxylic acids is 1. The van der Waals surface area contributed by atoms with Crippen molar-refractivity contribution in [1.82, 2.24) is 10.6 Å². The number of nitrogens with one attached hydrogen (secondary N) is 2. The van der Waals surface area contributed by atoms with Gasteiger partial charge < -0.3 is 15.7 Å². The van der Waals surface area contributed by atoms with E-state index in [0.717, 1.165) is 0 Å². The molecule has 1 aromatic carbocycles. The number of hydrogen-bond acceptors (Lipinski definition) is 2. The average Bonchev–Trinajstić information content (AvgIpc) is 2.40. The van der Waals surface area contributed by atoms with Crippen LogP contribution in [0, 0.1) is 11.7 Å². The van der Waals surface area contributed by atoms with Crippen molar-refractivity contribution in [1.29, 1.82) is 0 Å². The number of hydrogen-bond donors (Lipinski definition) is 3. The lowest BCUT2D eigenvalue weighted by Crippen LogP contribution is -2.39. The Kier molecular flexibility index (Phi) is 6.24. The Morgan fingerprint density at radius 2 is 2.10 bits per heavy atom. The Balaban J connectivity index is 2.39. The van der Waals surface area contributed by atoms with Crippen LogP contribution in [0.3, 0.4) is 0 Å². The van der Waals surface area contributed by atoms with Crippen LogP contribution in [0.4, 0.5) is 9.18 Å². The van der Waals surface area contributed by atoms with Crippen LogP contribution in [0.2, 0.25) is 5.02 Å². The van der Waals surface area contributed by atoms with Gasteiger partial charge in [-0.05, 0) is 24.1 Å². The minimum absolute atomic E-state index is 0.0124. The predicted molar refractivity (Wildman–Crippen MR) is 73.1 cm³/mol. The molecule has 0 heterocycles. The van der Waals surface area contributed by atoms with Gasteiger partial charge in [0.2, 0.25) is 0 Å². The summed E-state index contributed by atoms with van der Waals surface area (Å²) in [6.45, 7) is 1.97. The molecule has 1 aromatic rings. The number of halogens is 2. The minimum Gasteiger partial charge on any atom is -0.481 e. The summed E-state index contributed by atoms with van der Waals surface area (Å²) in [5, 5.41) is 13.8. The minimum atomic E-state index is -0.946. The first-order chi connectivity index (χ1) is 9.43. The normalized spacial score (nSPS) is 11.8. The molecular formula is C13H16ClFN2O3. The zero-order valence-corrected chi connectivity index (χ0v) is 11.7. The Hall–Kier alpha value is -1.82. The van der Waals surface area contributed by atoms with Gasteiger partial charge in [0.15, 0.2) is 0 Å². The third-order valence-electron chi connectivity index (χ3n) is 2.79. The maximum absolute atomic E-state index is 12.9. The van der Waals surface area contributed by atoms with Crippen LogP contribution in [0.15, 0.2) is 18.2 Å². The van der Waals surface area contributed by atoms with Crippen LogP contribution in [0.5, 0.6) is 0 Å². The van der Waals surface area contributed by atoms with E-state index in [1.807, 2.05) is 0 Å². The first-order valence-corrected chi connectivity index (χ1v) is 6.50. The summed E-state index contributed by atoms with van der Waals surface area (Å²) >= 11 is 5.62. The molecular weight excluding hydrogens is 287 g/mol.